The summed E-state index contributed by atoms with van der Waals surface area (Å²) in [5.74, 6) is 0.250. The normalized spacial score (nSPS) is 10.7. The topological polar surface area (TPSA) is 97.5 Å². The Morgan fingerprint density at radius 2 is 1.93 bits per heavy atom. The first-order valence-corrected chi connectivity index (χ1v) is 8.99. The lowest BCUT2D eigenvalue weighted by Crippen LogP contribution is -2.17. The van der Waals surface area contributed by atoms with Crippen LogP contribution in [0.15, 0.2) is 53.7 Å². The van der Waals surface area contributed by atoms with Gasteiger partial charge in [0.05, 0.1) is 25.4 Å². The fraction of sp³-hybridized carbons (Fsp3) is 0.300. The lowest BCUT2D eigenvalue weighted by Gasteiger charge is -2.08. The van der Waals surface area contributed by atoms with Crippen LogP contribution in [0.25, 0.3) is 5.69 Å². The third-order valence-corrected chi connectivity index (χ3v) is 4.03. The zero-order valence-corrected chi connectivity index (χ0v) is 16.3. The third kappa shape index (κ3) is 5.76. The van der Waals surface area contributed by atoms with Crippen LogP contribution in [0.3, 0.4) is 0 Å². The predicted octanol–water partition coefficient (Wildman–Crippen LogP) is 1.28. The average molecular weight is 398 g/mol. The Labute approximate surface area is 167 Å². The van der Waals surface area contributed by atoms with Crippen LogP contribution in [0.5, 0.6) is 5.75 Å². The molecule has 9 nitrogen and oxygen atoms in total. The summed E-state index contributed by atoms with van der Waals surface area (Å²) in [7, 11) is 3.35. The SMILES string of the molecule is COCCOC(=O)Cc1ccc(OCc2nn(-c3cnn(C)c3)ccc2=O)cc1. The molecule has 0 spiro atoms. The molecule has 0 aliphatic heterocycles. The number of carbonyl (C=O) groups is 1. The van der Waals surface area contributed by atoms with Gasteiger partial charge in [-0.1, -0.05) is 12.1 Å². The van der Waals surface area contributed by atoms with E-state index in [1.165, 1.54) is 6.07 Å². The fourth-order valence-corrected chi connectivity index (χ4v) is 2.53. The number of nitrogens with zero attached hydrogens (tertiary/aromatic N) is 4. The second kappa shape index (κ2) is 9.65. The molecule has 0 N–H and O–H groups in total. The van der Waals surface area contributed by atoms with E-state index in [0.717, 1.165) is 11.3 Å². The van der Waals surface area contributed by atoms with Crippen molar-refractivity contribution < 1.29 is 19.0 Å². The van der Waals surface area contributed by atoms with Gasteiger partial charge in [0.25, 0.3) is 0 Å². The molecule has 0 bridgehead atoms. The van der Waals surface area contributed by atoms with Crippen LogP contribution in [0.4, 0.5) is 0 Å². The van der Waals surface area contributed by atoms with E-state index in [4.69, 9.17) is 14.2 Å². The maximum atomic E-state index is 12.1. The van der Waals surface area contributed by atoms with Gasteiger partial charge in [0.15, 0.2) is 0 Å². The molecule has 29 heavy (non-hydrogen) atoms. The highest BCUT2D eigenvalue weighted by molar-refractivity contribution is 5.72. The maximum Gasteiger partial charge on any atom is 0.310 e. The first kappa shape index (κ1) is 20.3. The molecule has 0 unspecified atom stereocenters. The number of esters is 1. The largest absolute Gasteiger partial charge is 0.487 e. The van der Waals surface area contributed by atoms with Gasteiger partial charge in [-0.25, -0.2) is 4.68 Å². The highest BCUT2D eigenvalue weighted by atomic mass is 16.6. The lowest BCUT2D eigenvalue weighted by atomic mass is 10.1. The maximum absolute atomic E-state index is 12.1. The number of rotatable bonds is 9. The predicted molar refractivity (Wildman–Crippen MR) is 104 cm³/mol. The van der Waals surface area contributed by atoms with Gasteiger partial charge in [0.2, 0.25) is 5.43 Å². The Morgan fingerprint density at radius 3 is 2.62 bits per heavy atom. The Morgan fingerprint density at radius 1 is 1.14 bits per heavy atom. The van der Waals surface area contributed by atoms with Crippen molar-refractivity contribution in [3.05, 3.63) is 70.4 Å². The van der Waals surface area contributed by atoms with Crippen molar-refractivity contribution in [1.29, 1.82) is 0 Å². The first-order valence-electron chi connectivity index (χ1n) is 8.99. The number of benzene rings is 1. The molecular weight excluding hydrogens is 376 g/mol. The molecular formula is C20H22N4O5. The van der Waals surface area contributed by atoms with Crippen LogP contribution in [0.1, 0.15) is 11.3 Å². The number of aryl methyl sites for hydroxylation is 1. The molecule has 3 rings (SSSR count). The monoisotopic (exact) mass is 398 g/mol. The van der Waals surface area contributed by atoms with Crippen LogP contribution < -0.4 is 10.2 Å². The Bertz CT molecular complexity index is 1010. The minimum Gasteiger partial charge on any atom is -0.487 e. The molecule has 0 saturated heterocycles. The van der Waals surface area contributed by atoms with E-state index >= 15 is 0 Å². The molecule has 2 heterocycles. The quantitative estimate of drug-likeness (QED) is 0.396. The molecule has 152 valence electrons. The van der Waals surface area contributed by atoms with Crippen molar-refractivity contribution >= 4 is 5.97 Å². The summed E-state index contributed by atoms with van der Waals surface area (Å²) >= 11 is 0. The van der Waals surface area contributed by atoms with Gasteiger partial charge in [-0.05, 0) is 17.7 Å². The van der Waals surface area contributed by atoms with Crippen molar-refractivity contribution in [2.75, 3.05) is 20.3 Å². The van der Waals surface area contributed by atoms with E-state index in [0.29, 0.717) is 12.4 Å². The molecule has 0 saturated carbocycles. The smallest absolute Gasteiger partial charge is 0.310 e. The summed E-state index contributed by atoms with van der Waals surface area (Å²) in [6.07, 6.45) is 5.20. The highest BCUT2D eigenvalue weighted by Gasteiger charge is 2.08. The number of aromatic nitrogens is 4. The number of ether oxygens (including phenoxy) is 3. The summed E-state index contributed by atoms with van der Waals surface area (Å²) in [6, 6.07) is 8.47. The van der Waals surface area contributed by atoms with Gasteiger partial charge in [0.1, 0.15) is 30.3 Å². The first-order chi connectivity index (χ1) is 14.0. The molecule has 0 atom stereocenters. The molecule has 9 heteroatoms. The zero-order valence-electron chi connectivity index (χ0n) is 16.3. The van der Waals surface area contributed by atoms with Crippen molar-refractivity contribution in [1.82, 2.24) is 19.6 Å². The lowest BCUT2D eigenvalue weighted by molar-refractivity contribution is -0.144. The second-order valence-corrected chi connectivity index (χ2v) is 6.27. The van der Waals surface area contributed by atoms with Gasteiger partial charge in [-0.15, -0.1) is 0 Å². The minimum atomic E-state index is -0.319. The van der Waals surface area contributed by atoms with Gasteiger partial charge in [-0.2, -0.15) is 10.2 Å². The Kier molecular flexibility index (Phi) is 6.75. The van der Waals surface area contributed by atoms with Crippen LogP contribution in [-0.2, 0) is 34.3 Å². The van der Waals surface area contributed by atoms with E-state index in [1.54, 1.807) is 66.4 Å². The van der Waals surface area contributed by atoms with Gasteiger partial charge in [0, 0.05) is 26.4 Å². The fourth-order valence-electron chi connectivity index (χ4n) is 2.53. The third-order valence-electron chi connectivity index (χ3n) is 4.03. The van der Waals surface area contributed by atoms with E-state index in [-0.39, 0.29) is 36.7 Å². The average Bonchev–Trinajstić information content (AvgIpc) is 3.15. The van der Waals surface area contributed by atoms with Crippen LogP contribution >= 0.6 is 0 Å². The molecule has 0 radical (unpaired) electrons. The number of methoxy groups -OCH3 is 1. The second-order valence-electron chi connectivity index (χ2n) is 6.27. The van der Waals surface area contributed by atoms with E-state index < -0.39 is 0 Å². The van der Waals surface area contributed by atoms with Crippen LogP contribution in [0.2, 0.25) is 0 Å². The standard InChI is InChI=1S/C20H22N4O5/c1-23-13-16(12-21-23)24-8-7-19(25)18(22-24)14-29-17-5-3-15(4-6-17)11-20(26)28-10-9-27-2/h3-8,12-13H,9-11,14H2,1-2H3. The van der Waals surface area contributed by atoms with E-state index in [2.05, 4.69) is 10.2 Å². The number of carbonyl (C=O) groups excluding carboxylic acids is 1. The summed E-state index contributed by atoms with van der Waals surface area (Å²) in [5, 5.41) is 8.41. The van der Waals surface area contributed by atoms with Crippen molar-refractivity contribution in [3.8, 4) is 11.4 Å². The van der Waals surface area contributed by atoms with Crippen LogP contribution in [0, 0.1) is 0 Å². The van der Waals surface area contributed by atoms with Crippen molar-refractivity contribution in [2.24, 2.45) is 7.05 Å². The highest BCUT2D eigenvalue weighted by Crippen LogP contribution is 2.14. The van der Waals surface area contributed by atoms with E-state index in [1.807, 2.05) is 0 Å². The van der Waals surface area contributed by atoms with Crippen LogP contribution in [-0.4, -0.2) is 45.9 Å². The number of hydrogen-bond acceptors (Lipinski definition) is 7. The summed E-state index contributed by atoms with van der Waals surface area (Å²) in [6.45, 7) is 0.629. The zero-order chi connectivity index (χ0) is 20.6. The van der Waals surface area contributed by atoms with Gasteiger partial charge in [-0.3, -0.25) is 14.3 Å². The Hall–Kier alpha value is -3.46. The van der Waals surface area contributed by atoms with Gasteiger partial charge < -0.3 is 14.2 Å². The summed E-state index contributed by atoms with van der Waals surface area (Å²) in [4.78, 5) is 23.8. The van der Waals surface area contributed by atoms with Crippen molar-refractivity contribution in [2.45, 2.75) is 13.0 Å². The summed E-state index contributed by atoms with van der Waals surface area (Å²) < 4.78 is 18.8. The Balaban J connectivity index is 1.59. The molecule has 0 amide bonds. The molecule has 3 aromatic rings. The summed E-state index contributed by atoms with van der Waals surface area (Å²) in [5.41, 5.74) is 1.62. The minimum absolute atomic E-state index is 0.0261. The molecule has 1 aromatic carbocycles. The molecule has 2 aromatic heterocycles. The molecule has 0 fully saturated rings. The number of hydrogen-bond donors (Lipinski definition) is 0. The van der Waals surface area contributed by atoms with Gasteiger partial charge >= 0.3 is 5.97 Å². The molecule has 0 aliphatic carbocycles. The van der Waals surface area contributed by atoms with Crippen molar-refractivity contribution in [3.63, 3.8) is 0 Å². The molecule has 0 aliphatic rings. The van der Waals surface area contributed by atoms with E-state index in [9.17, 15) is 9.59 Å².